The van der Waals surface area contributed by atoms with Crippen LogP contribution in [0.4, 0.5) is 0 Å². The highest BCUT2D eigenvalue weighted by Crippen LogP contribution is 2.36. The number of methoxy groups -OCH3 is 2. The molecule has 0 aliphatic carbocycles. The third-order valence-corrected chi connectivity index (χ3v) is 5.61. The third kappa shape index (κ3) is 4.36. The van der Waals surface area contributed by atoms with Gasteiger partial charge in [0.2, 0.25) is 5.91 Å². The lowest BCUT2D eigenvalue weighted by Crippen LogP contribution is -2.36. The lowest BCUT2D eigenvalue weighted by atomic mass is 9.88. The summed E-state index contributed by atoms with van der Waals surface area (Å²) < 4.78 is 10.6. The van der Waals surface area contributed by atoms with Gasteiger partial charge in [0.1, 0.15) is 11.5 Å². The lowest BCUT2D eigenvalue weighted by molar-refractivity contribution is -0.133. The van der Waals surface area contributed by atoms with Gasteiger partial charge in [-0.2, -0.15) is 0 Å². The van der Waals surface area contributed by atoms with Crippen LogP contribution in [0.5, 0.6) is 11.5 Å². The zero-order valence-electron chi connectivity index (χ0n) is 17.4. The van der Waals surface area contributed by atoms with Gasteiger partial charge in [-0.15, -0.1) is 0 Å². The first kappa shape index (κ1) is 20.7. The first-order valence-corrected chi connectivity index (χ1v) is 9.80. The van der Waals surface area contributed by atoms with Gasteiger partial charge in [-0.25, -0.2) is 0 Å². The molecule has 0 saturated carbocycles. The summed E-state index contributed by atoms with van der Waals surface area (Å²) in [6, 6.07) is 14.9. The highest BCUT2D eigenvalue weighted by molar-refractivity contribution is 5.95. The number of amides is 2. The number of ether oxygens (including phenoxy) is 2. The molecule has 0 radical (unpaired) electrons. The molecule has 1 aliphatic rings. The number of likely N-dealkylation sites (tertiary alicyclic amines) is 1. The van der Waals surface area contributed by atoms with E-state index in [1.54, 1.807) is 49.3 Å². The molecular formula is C23H28N2O4. The molecule has 29 heavy (non-hydrogen) atoms. The summed E-state index contributed by atoms with van der Waals surface area (Å²) in [5, 5.41) is 0. The minimum absolute atomic E-state index is 0.0567. The summed E-state index contributed by atoms with van der Waals surface area (Å²) in [5.74, 6) is 0.975. The van der Waals surface area contributed by atoms with Crippen molar-refractivity contribution in [2.24, 2.45) is 5.92 Å². The van der Waals surface area contributed by atoms with E-state index in [4.69, 9.17) is 9.47 Å². The molecule has 2 unspecified atom stereocenters. The second-order valence-electron chi connectivity index (χ2n) is 7.28. The van der Waals surface area contributed by atoms with Gasteiger partial charge < -0.3 is 19.3 Å². The molecule has 1 saturated heterocycles. The molecule has 6 nitrogen and oxygen atoms in total. The van der Waals surface area contributed by atoms with Gasteiger partial charge >= 0.3 is 0 Å². The number of carbonyl (C=O) groups is 2. The molecule has 6 heteroatoms. The van der Waals surface area contributed by atoms with E-state index in [0.29, 0.717) is 30.9 Å². The standard InChI is InChI=1S/C23H28N2O4/c1-5-24(2)23(27)21-15-25(22(26)17-9-7-11-19(13-17)29-4)14-20(21)16-8-6-10-18(12-16)28-3/h6-13,20-21H,5,14-15H2,1-4H3. The van der Waals surface area contributed by atoms with Crippen LogP contribution < -0.4 is 9.47 Å². The molecule has 0 aromatic heterocycles. The number of hydrogen-bond donors (Lipinski definition) is 0. The van der Waals surface area contributed by atoms with Gasteiger partial charge in [0.15, 0.2) is 0 Å². The fraction of sp³-hybridized carbons (Fsp3) is 0.391. The highest BCUT2D eigenvalue weighted by Gasteiger charge is 2.41. The normalized spacial score (nSPS) is 18.4. The SMILES string of the molecule is CCN(C)C(=O)C1CN(C(=O)c2cccc(OC)c2)CC1c1cccc(OC)c1. The van der Waals surface area contributed by atoms with Gasteiger partial charge in [0.05, 0.1) is 20.1 Å². The first-order chi connectivity index (χ1) is 14.0. The van der Waals surface area contributed by atoms with Crippen LogP contribution in [0, 0.1) is 5.92 Å². The molecule has 154 valence electrons. The number of rotatable bonds is 6. The van der Waals surface area contributed by atoms with Crippen molar-refractivity contribution < 1.29 is 19.1 Å². The summed E-state index contributed by atoms with van der Waals surface area (Å²) in [5.41, 5.74) is 1.57. The zero-order valence-corrected chi connectivity index (χ0v) is 17.4. The number of hydrogen-bond acceptors (Lipinski definition) is 4. The van der Waals surface area contributed by atoms with Crippen molar-refractivity contribution in [3.63, 3.8) is 0 Å². The van der Waals surface area contributed by atoms with Crippen molar-refractivity contribution in [1.82, 2.24) is 9.80 Å². The summed E-state index contributed by atoms with van der Waals surface area (Å²) >= 11 is 0. The molecule has 2 aromatic rings. The van der Waals surface area contributed by atoms with Crippen LogP contribution in [0.2, 0.25) is 0 Å². The van der Waals surface area contributed by atoms with Crippen molar-refractivity contribution >= 4 is 11.8 Å². The Labute approximate surface area is 172 Å². The Bertz CT molecular complexity index is 883. The van der Waals surface area contributed by atoms with E-state index < -0.39 is 0 Å². The summed E-state index contributed by atoms with van der Waals surface area (Å²) in [6.07, 6.45) is 0. The molecule has 0 bridgehead atoms. The second kappa shape index (κ2) is 8.99. The summed E-state index contributed by atoms with van der Waals surface area (Å²) in [6.45, 7) is 3.45. The second-order valence-corrected chi connectivity index (χ2v) is 7.28. The molecule has 2 amide bonds. The van der Waals surface area contributed by atoms with Crippen LogP contribution in [0.25, 0.3) is 0 Å². The van der Waals surface area contributed by atoms with E-state index >= 15 is 0 Å². The van der Waals surface area contributed by atoms with Crippen LogP contribution in [0.3, 0.4) is 0 Å². The lowest BCUT2D eigenvalue weighted by Gasteiger charge is -2.23. The van der Waals surface area contributed by atoms with Crippen LogP contribution in [-0.4, -0.2) is 62.5 Å². The Morgan fingerprint density at radius 3 is 2.34 bits per heavy atom. The van der Waals surface area contributed by atoms with Crippen molar-refractivity contribution in [2.45, 2.75) is 12.8 Å². The maximum absolute atomic E-state index is 13.1. The topological polar surface area (TPSA) is 59.1 Å². The van der Waals surface area contributed by atoms with E-state index in [0.717, 1.165) is 11.3 Å². The smallest absolute Gasteiger partial charge is 0.254 e. The monoisotopic (exact) mass is 396 g/mol. The van der Waals surface area contributed by atoms with Crippen molar-refractivity contribution in [2.75, 3.05) is 40.9 Å². The maximum Gasteiger partial charge on any atom is 0.254 e. The third-order valence-electron chi connectivity index (χ3n) is 5.61. The molecule has 1 aliphatic heterocycles. The van der Waals surface area contributed by atoms with E-state index in [1.807, 2.05) is 37.3 Å². The Kier molecular flexibility index (Phi) is 6.42. The Hall–Kier alpha value is -3.02. The van der Waals surface area contributed by atoms with Crippen LogP contribution in [0.1, 0.15) is 28.8 Å². The average Bonchev–Trinajstić information content (AvgIpc) is 3.23. The fourth-order valence-electron chi connectivity index (χ4n) is 3.81. The predicted molar refractivity (Wildman–Crippen MR) is 111 cm³/mol. The van der Waals surface area contributed by atoms with Crippen molar-refractivity contribution in [1.29, 1.82) is 0 Å². The van der Waals surface area contributed by atoms with Gasteiger partial charge in [0, 0.05) is 38.2 Å². The van der Waals surface area contributed by atoms with E-state index in [9.17, 15) is 9.59 Å². The minimum Gasteiger partial charge on any atom is -0.497 e. The molecule has 1 heterocycles. The Balaban J connectivity index is 1.91. The minimum atomic E-state index is -0.290. The highest BCUT2D eigenvalue weighted by atomic mass is 16.5. The van der Waals surface area contributed by atoms with Gasteiger partial charge in [0.25, 0.3) is 5.91 Å². The summed E-state index contributed by atoms with van der Waals surface area (Å²) in [7, 11) is 5.00. The fourth-order valence-corrected chi connectivity index (χ4v) is 3.81. The zero-order chi connectivity index (χ0) is 21.0. The molecule has 0 N–H and O–H groups in total. The molecule has 2 aromatic carbocycles. The van der Waals surface area contributed by atoms with Crippen LogP contribution >= 0.6 is 0 Å². The number of carbonyl (C=O) groups excluding carboxylic acids is 2. The molecule has 1 fully saturated rings. The quantitative estimate of drug-likeness (QED) is 0.753. The van der Waals surface area contributed by atoms with E-state index in [-0.39, 0.29) is 23.7 Å². The van der Waals surface area contributed by atoms with E-state index in [2.05, 4.69) is 0 Å². The van der Waals surface area contributed by atoms with E-state index in [1.165, 1.54) is 0 Å². The van der Waals surface area contributed by atoms with Crippen LogP contribution in [-0.2, 0) is 4.79 Å². The molecule has 2 atom stereocenters. The Morgan fingerprint density at radius 1 is 1.03 bits per heavy atom. The number of nitrogens with zero attached hydrogens (tertiary/aromatic N) is 2. The predicted octanol–water partition coefficient (Wildman–Crippen LogP) is 3.04. The van der Waals surface area contributed by atoms with Crippen molar-refractivity contribution in [3.05, 3.63) is 59.7 Å². The molecular weight excluding hydrogens is 368 g/mol. The average molecular weight is 396 g/mol. The molecule has 3 rings (SSSR count). The first-order valence-electron chi connectivity index (χ1n) is 9.80. The largest absolute Gasteiger partial charge is 0.497 e. The Morgan fingerprint density at radius 2 is 1.69 bits per heavy atom. The number of benzene rings is 2. The van der Waals surface area contributed by atoms with Gasteiger partial charge in [-0.1, -0.05) is 18.2 Å². The van der Waals surface area contributed by atoms with Gasteiger partial charge in [-0.05, 0) is 42.8 Å². The summed E-state index contributed by atoms with van der Waals surface area (Å²) in [4.78, 5) is 29.7. The maximum atomic E-state index is 13.1. The van der Waals surface area contributed by atoms with Gasteiger partial charge in [-0.3, -0.25) is 9.59 Å². The molecule has 0 spiro atoms. The van der Waals surface area contributed by atoms with Crippen molar-refractivity contribution in [3.8, 4) is 11.5 Å². The van der Waals surface area contributed by atoms with Crippen LogP contribution in [0.15, 0.2) is 48.5 Å².